The van der Waals surface area contributed by atoms with Gasteiger partial charge in [-0.1, -0.05) is 0 Å². The fourth-order valence-corrected chi connectivity index (χ4v) is 1.80. The van der Waals surface area contributed by atoms with Crippen LogP contribution in [0.5, 0.6) is 0 Å². The Hall–Kier alpha value is -2.03. The zero-order chi connectivity index (χ0) is 16.9. The number of rotatable bonds is 5. The van der Waals surface area contributed by atoms with Crippen molar-refractivity contribution >= 4 is 11.8 Å². The maximum Gasteiger partial charge on any atom is 0.405 e. The van der Waals surface area contributed by atoms with Gasteiger partial charge in [0.2, 0.25) is 0 Å². The summed E-state index contributed by atoms with van der Waals surface area (Å²) in [6, 6.07) is 1.65. The summed E-state index contributed by atoms with van der Waals surface area (Å²) >= 11 is 0. The number of aryl methyl sites for hydroxylation is 2. The number of amides is 2. The van der Waals surface area contributed by atoms with Crippen LogP contribution in [0.3, 0.4) is 0 Å². The molecule has 1 heterocycles. The first-order chi connectivity index (χ1) is 10.1. The van der Waals surface area contributed by atoms with E-state index in [1.54, 1.807) is 19.9 Å². The van der Waals surface area contributed by atoms with E-state index < -0.39 is 30.6 Å². The Labute approximate surface area is 124 Å². The summed E-state index contributed by atoms with van der Waals surface area (Å²) in [5.41, 5.74) is 0.563. The van der Waals surface area contributed by atoms with Crippen molar-refractivity contribution in [2.24, 2.45) is 0 Å². The summed E-state index contributed by atoms with van der Waals surface area (Å²) in [5, 5.41) is 13.5. The average molecular weight is 322 g/mol. The third-order valence-corrected chi connectivity index (χ3v) is 2.80. The minimum absolute atomic E-state index is 0.0664. The van der Waals surface area contributed by atoms with Crippen LogP contribution in [0.25, 0.3) is 0 Å². The molecule has 1 aromatic heterocycles. The Balaban J connectivity index is 2.35. The van der Waals surface area contributed by atoms with E-state index in [4.69, 9.17) is 4.42 Å². The van der Waals surface area contributed by atoms with E-state index in [9.17, 15) is 27.9 Å². The standard InChI is InChI=1S/C13H17F3N2O4/c1-7-5-9(8(2)22-7)10(19)3-4-17-11(20)12(21)18-6-13(14,15)16/h5,10,19H,3-4,6H2,1-2H3,(H,17,20)(H,18,21). The maximum absolute atomic E-state index is 11.9. The average Bonchev–Trinajstić information content (AvgIpc) is 2.73. The van der Waals surface area contributed by atoms with Crippen LogP contribution in [0.2, 0.25) is 0 Å². The van der Waals surface area contributed by atoms with Crippen molar-refractivity contribution in [1.82, 2.24) is 10.6 Å². The Morgan fingerprint density at radius 3 is 2.36 bits per heavy atom. The molecule has 0 spiro atoms. The molecule has 124 valence electrons. The number of halogens is 3. The van der Waals surface area contributed by atoms with Gasteiger partial charge in [0.05, 0.1) is 6.10 Å². The van der Waals surface area contributed by atoms with E-state index >= 15 is 0 Å². The van der Waals surface area contributed by atoms with Crippen LogP contribution in [-0.4, -0.2) is 36.2 Å². The summed E-state index contributed by atoms with van der Waals surface area (Å²) < 4.78 is 40.9. The quantitative estimate of drug-likeness (QED) is 0.708. The van der Waals surface area contributed by atoms with Crippen LogP contribution in [0, 0.1) is 13.8 Å². The molecule has 0 bridgehead atoms. The van der Waals surface area contributed by atoms with Crippen molar-refractivity contribution in [3.63, 3.8) is 0 Å². The molecule has 0 radical (unpaired) electrons. The molecule has 1 aromatic rings. The summed E-state index contributed by atoms with van der Waals surface area (Å²) in [6.07, 6.45) is -5.39. The Bertz CT molecular complexity index is 540. The Kier molecular flexibility index (Phi) is 5.98. The molecule has 9 heteroatoms. The van der Waals surface area contributed by atoms with Gasteiger partial charge >= 0.3 is 18.0 Å². The van der Waals surface area contributed by atoms with Crippen LogP contribution in [0.15, 0.2) is 10.5 Å². The maximum atomic E-state index is 11.9. The van der Waals surface area contributed by atoms with Crippen molar-refractivity contribution in [3.05, 3.63) is 23.2 Å². The van der Waals surface area contributed by atoms with Crippen molar-refractivity contribution in [2.45, 2.75) is 32.5 Å². The van der Waals surface area contributed by atoms with Crippen LogP contribution in [-0.2, 0) is 9.59 Å². The van der Waals surface area contributed by atoms with Gasteiger partial charge in [-0.3, -0.25) is 9.59 Å². The molecule has 0 aliphatic rings. The lowest BCUT2D eigenvalue weighted by Gasteiger charge is -2.11. The van der Waals surface area contributed by atoms with Gasteiger partial charge in [0, 0.05) is 12.1 Å². The lowest BCUT2D eigenvalue weighted by atomic mass is 10.1. The van der Waals surface area contributed by atoms with Gasteiger partial charge in [0.1, 0.15) is 18.1 Å². The first-order valence-corrected chi connectivity index (χ1v) is 6.48. The summed E-state index contributed by atoms with van der Waals surface area (Å²) in [5.74, 6) is -1.39. The first-order valence-electron chi connectivity index (χ1n) is 6.48. The van der Waals surface area contributed by atoms with Crippen LogP contribution in [0.1, 0.15) is 29.6 Å². The third-order valence-electron chi connectivity index (χ3n) is 2.80. The van der Waals surface area contributed by atoms with Crippen molar-refractivity contribution < 1.29 is 32.3 Å². The highest BCUT2D eigenvalue weighted by Crippen LogP contribution is 2.23. The normalized spacial score (nSPS) is 12.8. The molecule has 0 aliphatic carbocycles. The third kappa shape index (κ3) is 5.76. The lowest BCUT2D eigenvalue weighted by molar-refractivity contribution is -0.146. The van der Waals surface area contributed by atoms with Gasteiger partial charge in [-0.05, 0) is 26.3 Å². The number of alkyl halides is 3. The second-order valence-electron chi connectivity index (χ2n) is 4.73. The van der Waals surface area contributed by atoms with Gasteiger partial charge < -0.3 is 20.2 Å². The van der Waals surface area contributed by atoms with E-state index in [1.807, 2.05) is 0 Å². The number of aliphatic hydroxyl groups is 1. The van der Waals surface area contributed by atoms with E-state index in [-0.39, 0.29) is 13.0 Å². The number of hydrogen-bond acceptors (Lipinski definition) is 4. The highest BCUT2D eigenvalue weighted by atomic mass is 19.4. The molecule has 0 aromatic carbocycles. The number of carbonyl (C=O) groups excluding carboxylic acids is 2. The number of furan rings is 1. The van der Waals surface area contributed by atoms with Gasteiger partial charge in [-0.15, -0.1) is 0 Å². The second kappa shape index (κ2) is 7.30. The Morgan fingerprint density at radius 2 is 1.86 bits per heavy atom. The number of carbonyl (C=O) groups is 2. The minimum atomic E-state index is -4.58. The molecule has 3 N–H and O–H groups in total. The fourth-order valence-electron chi connectivity index (χ4n) is 1.80. The highest BCUT2D eigenvalue weighted by Gasteiger charge is 2.29. The fraction of sp³-hybridized carbons (Fsp3) is 0.538. The second-order valence-corrected chi connectivity index (χ2v) is 4.73. The SMILES string of the molecule is Cc1cc(C(O)CCNC(=O)C(=O)NCC(F)(F)F)c(C)o1. The predicted molar refractivity (Wildman–Crippen MR) is 69.8 cm³/mol. The summed E-state index contributed by atoms with van der Waals surface area (Å²) in [4.78, 5) is 22.4. The Morgan fingerprint density at radius 1 is 1.27 bits per heavy atom. The van der Waals surface area contributed by atoms with Crippen molar-refractivity contribution in [2.75, 3.05) is 13.1 Å². The predicted octanol–water partition coefficient (Wildman–Crippen LogP) is 1.11. The molecule has 6 nitrogen and oxygen atoms in total. The molecule has 0 saturated heterocycles. The lowest BCUT2D eigenvalue weighted by Crippen LogP contribution is -2.43. The minimum Gasteiger partial charge on any atom is -0.466 e. The van der Waals surface area contributed by atoms with Gasteiger partial charge in [-0.2, -0.15) is 13.2 Å². The van der Waals surface area contributed by atoms with Crippen LogP contribution in [0.4, 0.5) is 13.2 Å². The summed E-state index contributed by atoms with van der Waals surface area (Å²) in [7, 11) is 0. The highest BCUT2D eigenvalue weighted by molar-refractivity contribution is 6.35. The monoisotopic (exact) mass is 322 g/mol. The van der Waals surface area contributed by atoms with Crippen molar-refractivity contribution in [1.29, 1.82) is 0 Å². The van der Waals surface area contributed by atoms with E-state index in [0.29, 0.717) is 17.1 Å². The molecule has 2 amide bonds. The topological polar surface area (TPSA) is 91.6 Å². The molecule has 1 rings (SSSR count). The molecule has 1 atom stereocenters. The molecule has 22 heavy (non-hydrogen) atoms. The van der Waals surface area contributed by atoms with Gasteiger partial charge in [-0.25, -0.2) is 0 Å². The van der Waals surface area contributed by atoms with E-state index in [1.165, 1.54) is 5.32 Å². The number of hydrogen-bond donors (Lipinski definition) is 3. The van der Waals surface area contributed by atoms with Gasteiger partial charge in [0.15, 0.2) is 0 Å². The number of aliphatic hydroxyl groups excluding tert-OH is 1. The van der Waals surface area contributed by atoms with Crippen LogP contribution < -0.4 is 10.6 Å². The van der Waals surface area contributed by atoms with E-state index in [2.05, 4.69) is 5.32 Å². The first kappa shape index (κ1) is 18.0. The zero-order valence-corrected chi connectivity index (χ0v) is 12.1. The van der Waals surface area contributed by atoms with E-state index in [0.717, 1.165) is 0 Å². The van der Waals surface area contributed by atoms with Crippen molar-refractivity contribution in [3.8, 4) is 0 Å². The molecule has 1 unspecified atom stereocenters. The zero-order valence-electron chi connectivity index (χ0n) is 12.1. The largest absolute Gasteiger partial charge is 0.466 e. The van der Waals surface area contributed by atoms with Gasteiger partial charge in [0.25, 0.3) is 0 Å². The molecular formula is C13H17F3N2O4. The molecule has 0 saturated carbocycles. The molecule has 0 aliphatic heterocycles. The molecular weight excluding hydrogens is 305 g/mol. The summed E-state index contributed by atoms with van der Waals surface area (Å²) in [6.45, 7) is 1.75. The smallest absolute Gasteiger partial charge is 0.405 e. The number of nitrogens with one attached hydrogen (secondary N) is 2. The molecule has 0 fully saturated rings. The van der Waals surface area contributed by atoms with Crippen LogP contribution >= 0.6 is 0 Å².